The molecule has 0 radical (unpaired) electrons. The number of benzene rings is 1. The second kappa shape index (κ2) is 10.6. The van der Waals surface area contributed by atoms with Crippen molar-refractivity contribution >= 4 is 23.2 Å². The van der Waals surface area contributed by atoms with Crippen LogP contribution in [0.15, 0.2) is 47.1 Å². The summed E-state index contributed by atoms with van der Waals surface area (Å²) >= 11 is 0. The maximum atomic E-state index is 15.9. The smallest absolute Gasteiger partial charge is 0.303 e. The van der Waals surface area contributed by atoms with Gasteiger partial charge >= 0.3 is 5.97 Å². The second-order valence-corrected chi connectivity index (χ2v) is 12.9. The molecule has 0 spiro atoms. The number of nitrogens with zero attached hydrogens (tertiary/aromatic N) is 1. The van der Waals surface area contributed by atoms with Gasteiger partial charge in [0.25, 0.3) is 0 Å². The van der Waals surface area contributed by atoms with Crippen LogP contribution in [0.5, 0.6) is 0 Å². The lowest BCUT2D eigenvalue weighted by molar-refractivity contribution is -0.150. The predicted molar refractivity (Wildman–Crippen MR) is 156 cm³/mol. The van der Waals surface area contributed by atoms with E-state index in [2.05, 4.69) is 47.9 Å². The van der Waals surface area contributed by atoms with Crippen molar-refractivity contribution in [3.63, 3.8) is 0 Å². The summed E-state index contributed by atoms with van der Waals surface area (Å²) in [6, 6.07) is 8.84. The Morgan fingerprint density at radius 1 is 1.15 bits per heavy atom. The van der Waals surface area contributed by atoms with Crippen LogP contribution in [0.25, 0.3) is 0 Å². The molecule has 1 aliphatic heterocycles. The average Bonchev–Trinajstić information content (AvgIpc) is 3.59. The van der Waals surface area contributed by atoms with E-state index < -0.39 is 23.0 Å². The van der Waals surface area contributed by atoms with Gasteiger partial charge in [-0.25, -0.2) is 4.39 Å². The van der Waals surface area contributed by atoms with Gasteiger partial charge in [0.15, 0.2) is 18.2 Å². The predicted octanol–water partition coefficient (Wildman–Crippen LogP) is 6.28. The minimum atomic E-state index is -1.19. The highest BCUT2D eigenvalue weighted by molar-refractivity contribution is 5.93. The normalized spacial score (nSPS) is 34.2. The van der Waals surface area contributed by atoms with Crippen molar-refractivity contribution in [2.75, 3.05) is 24.6 Å². The van der Waals surface area contributed by atoms with E-state index in [0.29, 0.717) is 37.7 Å². The SMILES string of the molecule is CC#C[C@]1(C(=O)COC(C)=O)CC[C@H]2[C@@H]3CC(F)C4=CC(=O)CCC4=C3[C@@H](c3ccc(N4CCCC4)cc3)C[C@@]21C. The fourth-order valence-corrected chi connectivity index (χ4v) is 9.09. The molecule has 3 fully saturated rings. The standard InChI is InChI=1S/C35H40FNO4/c1-4-14-35(32(40)21-41-22(2)38)15-13-30-28-19-31(36)27-18-25(39)11-12-26(27)33(28)29(20-34(30,35)3)23-7-9-24(10-8-23)37-16-5-6-17-37/h7-10,18,28-31H,5-6,11-13,15-17,19-21H2,1-3H3/t28-,29+,30-,31?,34-,35+/m0/s1. The highest BCUT2D eigenvalue weighted by Crippen LogP contribution is 2.69. The number of ether oxygens (including phenoxy) is 1. The lowest BCUT2D eigenvalue weighted by Crippen LogP contribution is -2.52. The summed E-state index contributed by atoms with van der Waals surface area (Å²) in [5.41, 5.74) is 3.81. The van der Waals surface area contributed by atoms with Crippen molar-refractivity contribution in [2.24, 2.45) is 22.7 Å². The zero-order valence-electron chi connectivity index (χ0n) is 24.4. The number of Topliss-reactive ketones (excluding diaryl/α,β-unsaturated/α-hetero) is 1. The molecule has 0 bridgehead atoms. The quantitative estimate of drug-likeness (QED) is 0.315. The average molecular weight is 558 g/mol. The first-order valence-electron chi connectivity index (χ1n) is 15.3. The fraction of sp³-hybridized carbons (Fsp3) is 0.571. The molecule has 1 heterocycles. The van der Waals surface area contributed by atoms with Gasteiger partial charge in [-0.1, -0.05) is 30.6 Å². The topological polar surface area (TPSA) is 63.7 Å². The van der Waals surface area contributed by atoms with Crippen LogP contribution >= 0.6 is 0 Å². The molecule has 0 N–H and O–H groups in total. The van der Waals surface area contributed by atoms with E-state index in [1.54, 1.807) is 13.0 Å². The van der Waals surface area contributed by atoms with Crippen molar-refractivity contribution < 1.29 is 23.5 Å². The molecule has 5 aliphatic rings. The summed E-state index contributed by atoms with van der Waals surface area (Å²) in [4.78, 5) is 40.3. The largest absolute Gasteiger partial charge is 0.458 e. The fourth-order valence-electron chi connectivity index (χ4n) is 9.09. The van der Waals surface area contributed by atoms with Crippen LogP contribution in [0.2, 0.25) is 0 Å². The molecule has 1 aromatic rings. The van der Waals surface area contributed by atoms with Crippen LogP contribution in [0, 0.1) is 34.5 Å². The molecule has 6 heteroatoms. The van der Waals surface area contributed by atoms with Crippen molar-refractivity contribution in [1.29, 1.82) is 0 Å². The number of fused-ring (bicyclic) bond motifs is 4. The summed E-state index contributed by atoms with van der Waals surface area (Å²) in [5, 5.41) is 0. The zero-order valence-corrected chi connectivity index (χ0v) is 24.4. The van der Waals surface area contributed by atoms with E-state index in [-0.39, 0.29) is 35.9 Å². The minimum Gasteiger partial charge on any atom is -0.458 e. The Bertz CT molecular complexity index is 1390. The maximum absolute atomic E-state index is 15.9. The number of carbonyl (C=O) groups excluding carboxylic acids is 3. The Morgan fingerprint density at radius 3 is 2.56 bits per heavy atom. The number of allylic oxidation sites excluding steroid dienone is 4. The Balaban J connectivity index is 1.48. The summed E-state index contributed by atoms with van der Waals surface area (Å²) in [6.45, 7) is 7.11. The maximum Gasteiger partial charge on any atom is 0.303 e. The van der Waals surface area contributed by atoms with Crippen LogP contribution < -0.4 is 4.90 Å². The number of alkyl halides is 1. The highest BCUT2D eigenvalue weighted by atomic mass is 19.1. The first kappa shape index (κ1) is 27.9. The Morgan fingerprint density at radius 2 is 1.88 bits per heavy atom. The van der Waals surface area contributed by atoms with Gasteiger partial charge in [-0.05, 0) is 104 Å². The molecule has 1 unspecified atom stereocenters. The Kier molecular flexibility index (Phi) is 7.20. The molecule has 4 aliphatic carbocycles. The molecular formula is C35H40FNO4. The lowest BCUT2D eigenvalue weighted by atomic mass is 9.48. The van der Waals surface area contributed by atoms with Crippen LogP contribution in [0.3, 0.4) is 0 Å². The number of carbonyl (C=O) groups is 3. The van der Waals surface area contributed by atoms with Crippen molar-refractivity contribution in [1.82, 2.24) is 0 Å². The highest BCUT2D eigenvalue weighted by Gasteiger charge is 2.66. The number of esters is 1. The van der Waals surface area contributed by atoms with Gasteiger partial charge in [0, 0.05) is 38.0 Å². The zero-order chi connectivity index (χ0) is 28.9. The summed E-state index contributed by atoms with van der Waals surface area (Å²) in [5.74, 6) is 5.80. The molecule has 5 nitrogen and oxygen atoms in total. The van der Waals surface area contributed by atoms with Gasteiger partial charge < -0.3 is 9.64 Å². The molecule has 1 saturated heterocycles. The van der Waals surface area contributed by atoms with Crippen LogP contribution in [-0.2, 0) is 19.1 Å². The summed E-state index contributed by atoms with van der Waals surface area (Å²) in [6.07, 6.45) is 6.15. The molecule has 216 valence electrons. The van der Waals surface area contributed by atoms with Gasteiger partial charge in [-0.2, -0.15) is 0 Å². The molecule has 6 atom stereocenters. The third-order valence-electron chi connectivity index (χ3n) is 10.9. The molecule has 6 rings (SSSR count). The van der Waals surface area contributed by atoms with Crippen LogP contribution in [-0.4, -0.2) is 43.4 Å². The molecule has 2 saturated carbocycles. The van der Waals surface area contributed by atoms with Gasteiger partial charge in [-0.15, -0.1) is 5.92 Å². The van der Waals surface area contributed by atoms with Crippen LogP contribution in [0.4, 0.5) is 10.1 Å². The van der Waals surface area contributed by atoms with Gasteiger partial charge in [0.2, 0.25) is 0 Å². The number of hydrogen-bond acceptors (Lipinski definition) is 5. The van der Waals surface area contributed by atoms with E-state index in [1.807, 2.05) is 0 Å². The van der Waals surface area contributed by atoms with Gasteiger partial charge in [0.1, 0.15) is 6.17 Å². The number of anilines is 1. The second-order valence-electron chi connectivity index (χ2n) is 12.9. The molecule has 1 aromatic carbocycles. The first-order valence-corrected chi connectivity index (χ1v) is 15.3. The number of ketones is 2. The number of rotatable bonds is 5. The minimum absolute atomic E-state index is 0.00628. The van der Waals surface area contributed by atoms with Crippen molar-refractivity contribution in [3.05, 3.63) is 52.6 Å². The van der Waals surface area contributed by atoms with E-state index in [4.69, 9.17) is 4.74 Å². The van der Waals surface area contributed by atoms with E-state index >= 15 is 4.39 Å². The lowest BCUT2D eigenvalue weighted by Gasteiger charge is -2.55. The van der Waals surface area contributed by atoms with Gasteiger partial charge in [-0.3, -0.25) is 14.4 Å². The Hall–Kier alpha value is -3.20. The van der Waals surface area contributed by atoms with E-state index in [0.717, 1.165) is 25.1 Å². The molecule has 0 amide bonds. The van der Waals surface area contributed by atoms with Crippen molar-refractivity contribution in [3.8, 4) is 11.8 Å². The number of halogens is 1. The third kappa shape index (κ3) is 4.47. The van der Waals surface area contributed by atoms with E-state index in [9.17, 15) is 14.4 Å². The molecule has 41 heavy (non-hydrogen) atoms. The van der Waals surface area contributed by atoms with Gasteiger partial charge in [0.05, 0.1) is 5.41 Å². The van der Waals surface area contributed by atoms with E-state index in [1.165, 1.54) is 36.6 Å². The Labute approximate surface area is 242 Å². The van der Waals surface area contributed by atoms with Crippen LogP contribution in [0.1, 0.15) is 83.6 Å². The molecular weight excluding hydrogens is 517 g/mol. The molecule has 0 aromatic heterocycles. The first-order chi connectivity index (χ1) is 19.7. The number of hydrogen-bond donors (Lipinski definition) is 0. The monoisotopic (exact) mass is 557 g/mol. The third-order valence-corrected chi connectivity index (χ3v) is 10.9. The summed E-state index contributed by atoms with van der Waals surface area (Å²) < 4.78 is 21.1. The van der Waals surface area contributed by atoms with Crippen molar-refractivity contribution in [2.45, 2.75) is 84.2 Å². The summed E-state index contributed by atoms with van der Waals surface area (Å²) in [7, 11) is 0.